The van der Waals surface area contributed by atoms with E-state index in [9.17, 15) is 45.4 Å². The van der Waals surface area contributed by atoms with Gasteiger partial charge in [0.25, 0.3) is 11.1 Å². The second-order valence-electron chi connectivity index (χ2n) is 8.46. The molecule has 0 radical (unpaired) electrons. The van der Waals surface area contributed by atoms with Crippen LogP contribution in [-0.4, -0.2) is 35.9 Å². The number of pyridine rings is 1. The van der Waals surface area contributed by atoms with Gasteiger partial charge in [0.05, 0.1) is 41.0 Å². The molecule has 0 aliphatic carbocycles. The van der Waals surface area contributed by atoms with Crippen molar-refractivity contribution in [3.63, 3.8) is 0 Å². The molecular weight excluding hydrogens is 553 g/mol. The van der Waals surface area contributed by atoms with Crippen molar-refractivity contribution in [2.24, 2.45) is 0 Å². The number of anilines is 1. The summed E-state index contributed by atoms with van der Waals surface area (Å²) in [5, 5.41) is 15.1. The van der Waals surface area contributed by atoms with E-state index in [1.54, 1.807) is 11.2 Å². The Morgan fingerprint density at radius 3 is 2.23 bits per heavy atom. The van der Waals surface area contributed by atoms with Gasteiger partial charge in [-0.05, 0) is 30.0 Å². The molecular formula is C24H21F7N6O3. The molecule has 9 nitrogen and oxygen atoms in total. The fourth-order valence-corrected chi connectivity index (χ4v) is 3.59. The van der Waals surface area contributed by atoms with Gasteiger partial charge in [0.15, 0.2) is 5.82 Å². The van der Waals surface area contributed by atoms with Crippen LogP contribution >= 0.6 is 0 Å². The van der Waals surface area contributed by atoms with Crippen LogP contribution in [0.3, 0.4) is 0 Å². The van der Waals surface area contributed by atoms with Crippen LogP contribution in [0.15, 0.2) is 52.6 Å². The third-order valence-electron chi connectivity index (χ3n) is 5.48. The zero-order valence-corrected chi connectivity index (χ0v) is 20.5. The van der Waals surface area contributed by atoms with Gasteiger partial charge in [0.1, 0.15) is 11.4 Å². The van der Waals surface area contributed by atoms with E-state index in [0.717, 1.165) is 18.7 Å². The van der Waals surface area contributed by atoms with Crippen molar-refractivity contribution in [1.29, 1.82) is 0 Å². The van der Waals surface area contributed by atoms with Gasteiger partial charge in [-0.25, -0.2) is 19.5 Å². The average Bonchev–Trinajstić information content (AvgIpc) is 2.85. The Morgan fingerprint density at radius 2 is 1.70 bits per heavy atom. The van der Waals surface area contributed by atoms with Crippen LogP contribution < -0.4 is 16.9 Å². The van der Waals surface area contributed by atoms with Gasteiger partial charge in [0.2, 0.25) is 0 Å². The van der Waals surface area contributed by atoms with Crippen LogP contribution in [0.25, 0.3) is 22.2 Å². The van der Waals surface area contributed by atoms with Gasteiger partial charge in [-0.1, -0.05) is 13.3 Å². The number of nitrogen functional groups attached to an aromatic ring is 1. The maximum atomic E-state index is 14.5. The fourth-order valence-electron chi connectivity index (χ4n) is 3.59. The molecule has 1 atom stereocenters. The third kappa shape index (κ3) is 6.99. The van der Waals surface area contributed by atoms with E-state index < -0.39 is 52.2 Å². The Morgan fingerprint density at radius 1 is 1.05 bits per heavy atom. The molecule has 0 fully saturated rings. The van der Waals surface area contributed by atoms with Crippen molar-refractivity contribution in [2.75, 3.05) is 5.73 Å². The number of aromatic amines is 1. The number of halogens is 7. The normalized spacial score (nSPS) is 12.6. The Balaban J connectivity index is 0.000000307. The third-order valence-corrected chi connectivity index (χ3v) is 5.48. The Hall–Kier alpha value is -4.34. The summed E-state index contributed by atoms with van der Waals surface area (Å²) in [7, 11) is 0. The van der Waals surface area contributed by atoms with Crippen molar-refractivity contribution >= 4 is 16.5 Å². The number of rotatable bonds is 5. The van der Waals surface area contributed by atoms with Crippen molar-refractivity contribution in [3.05, 3.63) is 80.6 Å². The lowest BCUT2D eigenvalue weighted by Gasteiger charge is -2.13. The zero-order valence-electron chi connectivity index (χ0n) is 20.5. The van der Waals surface area contributed by atoms with Crippen molar-refractivity contribution < 1.29 is 35.8 Å². The lowest BCUT2D eigenvalue weighted by Crippen LogP contribution is -2.26. The van der Waals surface area contributed by atoms with Crippen LogP contribution in [0.2, 0.25) is 0 Å². The number of fused-ring (bicyclic) bond motifs is 1. The lowest BCUT2D eigenvalue weighted by molar-refractivity contribution is -0.138. The highest BCUT2D eigenvalue weighted by Crippen LogP contribution is 2.30. The van der Waals surface area contributed by atoms with Crippen LogP contribution in [0.1, 0.15) is 30.9 Å². The molecule has 0 aliphatic heterocycles. The number of hydrogen-bond acceptors (Lipinski definition) is 7. The smallest absolute Gasteiger partial charge is 0.397 e. The summed E-state index contributed by atoms with van der Waals surface area (Å²) in [5.74, 6) is -1.04. The van der Waals surface area contributed by atoms with Crippen LogP contribution in [-0.2, 0) is 18.9 Å². The first-order chi connectivity index (χ1) is 18.6. The molecule has 0 saturated carbocycles. The SMILES string of the molecule is CCCC(O)Cn1ccc2cc(-c3ncc(C(F)(F)F)cn3)c(F)cc2c1=O.Nc1cn[nH]c(=O)c1C(F)(F)F. The number of aromatic nitrogens is 5. The molecule has 1 aromatic carbocycles. The van der Waals surface area contributed by atoms with Gasteiger partial charge in [-0.3, -0.25) is 9.59 Å². The van der Waals surface area contributed by atoms with Crippen molar-refractivity contribution in [1.82, 2.24) is 24.7 Å². The molecule has 4 aromatic rings. The minimum absolute atomic E-state index is 0.0913. The van der Waals surface area contributed by atoms with E-state index >= 15 is 0 Å². The molecule has 16 heteroatoms. The van der Waals surface area contributed by atoms with Gasteiger partial charge < -0.3 is 15.4 Å². The van der Waals surface area contributed by atoms with E-state index in [1.807, 2.05) is 6.92 Å². The number of aliphatic hydroxyl groups excluding tert-OH is 1. The predicted molar refractivity (Wildman–Crippen MR) is 129 cm³/mol. The summed E-state index contributed by atoms with van der Waals surface area (Å²) < 4.78 is 89.6. The molecule has 214 valence electrons. The van der Waals surface area contributed by atoms with E-state index in [4.69, 9.17) is 5.73 Å². The molecule has 4 N–H and O–H groups in total. The second-order valence-corrected chi connectivity index (χ2v) is 8.46. The first-order valence-corrected chi connectivity index (χ1v) is 11.4. The number of alkyl halides is 6. The Kier molecular flexibility index (Phi) is 8.92. The highest BCUT2D eigenvalue weighted by Gasteiger charge is 2.36. The summed E-state index contributed by atoms with van der Waals surface area (Å²) in [5.41, 5.74) is -0.115. The number of nitrogens with two attached hydrogens (primary N) is 1. The van der Waals surface area contributed by atoms with E-state index in [1.165, 1.54) is 16.8 Å². The minimum atomic E-state index is -4.74. The van der Waals surface area contributed by atoms with Gasteiger partial charge in [-0.15, -0.1) is 0 Å². The fraction of sp³-hybridized carbons (Fsp3) is 0.292. The highest BCUT2D eigenvalue weighted by atomic mass is 19.4. The molecule has 3 aromatic heterocycles. The van der Waals surface area contributed by atoms with Crippen LogP contribution in [0.4, 0.5) is 36.4 Å². The molecule has 40 heavy (non-hydrogen) atoms. The molecule has 0 aliphatic rings. The standard InChI is InChI=1S/C19H17F4N3O2.C5H4F3N3O/c1-2-3-13(27)10-26-5-4-11-6-15(16(20)7-14(11)18(26)28)17-24-8-12(9-25-17)19(21,22)23;6-5(7,8)3-2(9)1-10-11-4(3)12/h4-9,13,27H,2-3,10H2,1H3;1H,(H3,9,11,12). The van der Waals surface area contributed by atoms with E-state index in [0.29, 0.717) is 24.2 Å². The summed E-state index contributed by atoms with van der Waals surface area (Å²) in [6.07, 6.45) is -5.34. The van der Waals surface area contributed by atoms with E-state index in [-0.39, 0.29) is 23.3 Å². The van der Waals surface area contributed by atoms with Gasteiger partial charge in [-0.2, -0.15) is 31.4 Å². The zero-order chi connectivity index (χ0) is 29.8. The number of nitrogens with one attached hydrogen (secondary N) is 1. The highest BCUT2D eigenvalue weighted by molar-refractivity contribution is 5.86. The minimum Gasteiger partial charge on any atom is -0.397 e. The number of H-pyrrole nitrogens is 1. The molecule has 0 bridgehead atoms. The van der Waals surface area contributed by atoms with Gasteiger partial charge in [0, 0.05) is 18.6 Å². The largest absolute Gasteiger partial charge is 0.423 e. The molecule has 0 saturated heterocycles. The number of benzene rings is 1. The van der Waals surface area contributed by atoms with Crippen molar-refractivity contribution in [2.45, 2.75) is 44.8 Å². The summed E-state index contributed by atoms with van der Waals surface area (Å²) >= 11 is 0. The molecule has 0 spiro atoms. The summed E-state index contributed by atoms with van der Waals surface area (Å²) in [4.78, 5) is 30.3. The predicted octanol–water partition coefficient (Wildman–Crippen LogP) is 4.15. The van der Waals surface area contributed by atoms with Crippen molar-refractivity contribution in [3.8, 4) is 11.4 Å². The molecule has 3 heterocycles. The molecule has 1 unspecified atom stereocenters. The first-order valence-electron chi connectivity index (χ1n) is 11.4. The van der Waals surface area contributed by atoms with Crippen LogP contribution in [0, 0.1) is 5.82 Å². The number of aliphatic hydroxyl groups is 1. The van der Waals surface area contributed by atoms with Crippen LogP contribution in [0.5, 0.6) is 0 Å². The number of hydrogen-bond donors (Lipinski definition) is 3. The monoisotopic (exact) mass is 574 g/mol. The molecule has 4 rings (SSSR count). The average molecular weight is 574 g/mol. The van der Waals surface area contributed by atoms with Gasteiger partial charge >= 0.3 is 12.4 Å². The maximum absolute atomic E-state index is 14.5. The Labute approximate surface area is 220 Å². The quantitative estimate of drug-likeness (QED) is 0.304. The molecule has 0 amide bonds. The Bertz CT molecular complexity index is 1600. The first kappa shape index (κ1) is 30.2. The second kappa shape index (κ2) is 11.8. The lowest BCUT2D eigenvalue weighted by atomic mass is 10.1. The summed E-state index contributed by atoms with van der Waals surface area (Å²) in [6.45, 7) is 2.00. The summed E-state index contributed by atoms with van der Waals surface area (Å²) in [6, 6.07) is 3.90. The maximum Gasteiger partial charge on any atom is 0.423 e. The number of nitrogens with zero attached hydrogens (tertiary/aromatic N) is 4. The van der Waals surface area contributed by atoms with E-state index in [2.05, 4.69) is 15.1 Å². The topological polar surface area (TPSA) is 140 Å².